The van der Waals surface area contributed by atoms with E-state index in [1.165, 1.54) is 0 Å². The number of benzene rings is 1. The van der Waals surface area contributed by atoms with Gasteiger partial charge in [0.1, 0.15) is 5.82 Å². The quantitative estimate of drug-likeness (QED) is 0.779. The smallest absolute Gasteiger partial charge is 0.310 e. The highest BCUT2D eigenvalue weighted by molar-refractivity contribution is 5.73. The summed E-state index contributed by atoms with van der Waals surface area (Å²) in [5.74, 6) is -1.99. The summed E-state index contributed by atoms with van der Waals surface area (Å²) in [7, 11) is 0. The van der Waals surface area contributed by atoms with Crippen molar-refractivity contribution in [2.24, 2.45) is 0 Å². The first kappa shape index (κ1) is 14.0. The lowest BCUT2D eigenvalue weighted by Crippen LogP contribution is -2.11. The van der Waals surface area contributed by atoms with Crippen molar-refractivity contribution < 1.29 is 22.7 Å². The lowest BCUT2D eigenvalue weighted by molar-refractivity contribution is -0.142. The van der Waals surface area contributed by atoms with E-state index in [2.05, 4.69) is 4.74 Å². The maximum Gasteiger partial charge on any atom is 0.310 e. The summed E-state index contributed by atoms with van der Waals surface area (Å²) in [6.07, 6.45) is -3.54. The third-order valence-electron chi connectivity index (χ3n) is 2.26. The summed E-state index contributed by atoms with van der Waals surface area (Å²) in [6, 6.07) is 3.57. The van der Waals surface area contributed by atoms with Gasteiger partial charge in [0.25, 0.3) is 6.43 Å². The van der Waals surface area contributed by atoms with Crippen LogP contribution in [-0.4, -0.2) is 12.6 Å². The Morgan fingerprint density at radius 1 is 1.50 bits per heavy atom. The number of nitrogens with zero attached hydrogens (tertiary/aromatic N) is 1. The average Bonchev–Trinajstić information content (AvgIpc) is 2.31. The summed E-state index contributed by atoms with van der Waals surface area (Å²) in [4.78, 5) is 11.2. The van der Waals surface area contributed by atoms with Gasteiger partial charge in [-0.15, -0.1) is 0 Å². The van der Waals surface area contributed by atoms with E-state index >= 15 is 0 Å². The number of ether oxygens (including phenoxy) is 1. The van der Waals surface area contributed by atoms with Gasteiger partial charge >= 0.3 is 5.97 Å². The molecule has 0 radical (unpaired) electrons. The largest absolute Gasteiger partial charge is 0.466 e. The third kappa shape index (κ3) is 3.00. The number of hydrogen-bond donors (Lipinski definition) is 0. The van der Waals surface area contributed by atoms with Crippen molar-refractivity contribution in [3.8, 4) is 6.07 Å². The van der Waals surface area contributed by atoms with Gasteiger partial charge in [-0.25, -0.2) is 13.2 Å². The molecule has 0 saturated carbocycles. The zero-order chi connectivity index (χ0) is 13.7. The Labute approximate surface area is 102 Å². The van der Waals surface area contributed by atoms with E-state index in [-0.39, 0.29) is 17.7 Å². The maximum absolute atomic E-state index is 13.7. The Morgan fingerprint density at radius 2 is 2.17 bits per heavy atom. The summed E-state index contributed by atoms with van der Waals surface area (Å²) in [5, 5.41) is 8.76. The average molecular weight is 257 g/mol. The van der Waals surface area contributed by atoms with E-state index in [0.29, 0.717) is 0 Å². The Morgan fingerprint density at radius 3 is 2.67 bits per heavy atom. The lowest BCUT2D eigenvalue weighted by atomic mass is 10.0. The van der Waals surface area contributed by atoms with Gasteiger partial charge in [0, 0.05) is 5.56 Å². The molecule has 0 amide bonds. The minimum absolute atomic E-state index is 0.0941. The molecular formula is C12H10F3NO2. The molecule has 0 aliphatic rings. The number of halogens is 3. The molecule has 0 aliphatic carbocycles. The molecule has 96 valence electrons. The van der Waals surface area contributed by atoms with Gasteiger partial charge in [-0.05, 0) is 19.1 Å². The molecule has 0 heterocycles. The van der Waals surface area contributed by atoms with Gasteiger partial charge in [0.2, 0.25) is 0 Å². The molecule has 0 N–H and O–H groups in total. The van der Waals surface area contributed by atoms with Crippen LogP contribution < -0.4 is 0 Å². The number of nitriles is 1. The van der Waals surface area contributed by atoms with Crippen molar-refractivity contribution in [3.05, 3.63) is 34.6 Å². The van der Waals surface area contributed by atoms with Crippen molar-refractivity contribution in [2.45, 2.75) is 19.8 Å². The van der Waals surface area contributed by atoms with E-state index < -0.39 is 30.2 Å². The highest BCUT2D eigenvalue weighted by atomic mass is 19.3. The Bertz CT molecular complexity index is 495. The Hall–Kier alpha value is -2.03. The standard InChI is InChI=1S/C12H10F3NO2/c1-2-18-10(17)5-9-7(6-16)3-4-8(11(9)13)12(14)15/h3-4,12H,2,5H2,1H3. The van der Waals surface area contributed by atoms with Gasteiger partial charge < -0.3 is 4.74 Å². The highest BCUT2D eigenvalue weighted by Gasteiger charge is 2.21. The van der Waals surface area contributed by atoms with Crippen LogP contribution in [0, 0.1) is 17.1 Å². The molecule has 0 bridgehead atoms. The van der Waals surface area contributed by atoms with Crippen LogP contribution in [0.1, 0.15) is 30.0 Å². The second-order valence-corrected chi connectivity index (χ2v) is 3.39. The van der Waals surface area contributed by atoms with Crippen molar-refractivity contribution in [2.75, 3.05) is 6.61 Å². The monoisotopic (exact) mass is 257 g/mol. The number of carbonyl (C=O) groups excluding carboxylic acids is 1. The first-order valence-corrected chi connectivity index (χ1v) is 5.16. The van der Waals surface area contributed by atoms with Crippen molar-refractivity contribution >= 4 is 5.97 Å². The molecule has 0 unspecified atom stereocenters. The van der Waals surface area contributed by atoms with Crippen LogP contribution in [0.3, 0.4) is 0 Å². The topological polar surface area (TPSA) is 50.1 Å². The zero-order valence-electron chi connectivity index (χ0n) is 9.54. The summed E-state index contributed by atoms with van der Waals surface area (Å²) in [6.45, 7) is 1.66. The van der Waals surface area contributed by atoms with Crippen LogP contribution in [0.25, 0.3) is 0 Å². The molecule has 0 atom stereocenters. The first-order valence-electron chi connectivity index (χ1n) is 5.16. The van der Waals surface area contributed by atoms with Gasteiger partial charge in [-0.2, -0.15) is 5.26 Å². The fourth-order valence-electron chi connectivity index (χ4n) is 1.44. The van der Waals surface area contributed by atoms with Crippen LogP contribution in [0.2, 0.25) is 0 Å². The summed E-state index contributed by atoms with van der Waals surface area (Å²) >= 11 is 0. The summed E-state index contributed by atoms with van der Waals surface area (Å²) < 4.78 is 43.3. The number of esters is 1. The van der Waals surface area contributed by atoms with Crippen molar-refractivity contribution in [1.82, 2.24) is 0 Å². The van der Waals surface area contributed by atoms with Gasteiger partial charge in [-0.3, -0.25) is 4.79 Å². The third-order valence-corrected chi connectivity index (χ3v) is 2.26. The Kier molecular flexibility index (Phi) is 4.72. The number of hydrogen-bond acceptors (Lipinski definition) is 3. The molecule has 0 aliphatic heterocycles. The van der Waals surface area contributed by atoms with E-state index in [4.69, 9.17) is 5.26 Å². The van der Waals surface area contributed by atoms with E-state index in [1.54, 1.807) is 13.0 Å². The van der Waals surface area contributed by atoms with Crippen LogP contribution in [0.15, 0.2) is 12.1 Å². The molecule has 1 aromatic carbocycles. The molecule has 18 heavy (non-hydrogen) atoms. The number of rotatable bonds is 4. The molecule has 6 heteroatoms. The molecule has 0 fully saturated rings. The first-order chi connectivity index (χ1) is 8.51. The molecule has 1 rings (SSSR count). The predicted molar refractivity (Wildman–Crippen MR) is 56.4 cm³/mol. The second-order valence-electron chi connectivity index (χ2n) is 3.39. The highest BCUT2D eigenvalue weighted by Crippen LogP contribution is 2.26. The second kappa shape index (κ2) is 6.05. The van der Waals surface area contributed by atoms with Gasteiger partial charge in [-0.1, -0.05) is 0 Å². The zero-order valence-corrected chi connectivity index (χ0v) is 9.54. The SMILES string of the molecule is CCOC(=O)Cc1c(C#N)ccc(C(F)F)c1F. The molecule has 3 nitrogen and oxygen atoms in total. The van der Waals surface area contributed by atoms with Crippen molar-refractivity contribution in [1.29, 1.82) is 5.26 Å². The predicted octanol–water partition coefficient (Wildman–Crippen LogP) is 2.74. The molecule has 0 aromatic heterocycles. The van der Waals surface area contributed by atoms with Gasteiger partial charge in [0.05, 0.1) is 30.2 Å². The van der Waals surface area contributed by atoms with E-state index in [9.17, 15) is 18.0 Å². The summed E-state index contributed by atoms with van der Waals surface area (Å²) in [5.41, 5.74) is -1.33. The minimum atomic E-state index is -3.00. The fourth-order valence-corrected chi connectivity index (χ4v) is 1.44. The number of carbonyl (C=O) groups is 1. The normalized spacial score (nSPS) is 10.2. The van der Waals surface area contributed by atoms with Crippen LogP contribution in [0.4, 0.5) is 13.2 Å². The fraction of sp³-hybridized carbons (Fsp3) is 0.333. The molecular weight excluding hydrogens is 247 g/mol. The Balaban J connectivity index is 3.18. The van der Waals surface area contributed by atoms with Crippen molar-refractivity contribution in [3.63, 3.8) is 0 Å². The van der Waals surface area contributed by atoms with E-state index in [1.807, 2.05) is 0 Å². The number of alkyl halides is 2. The van der Waals surface area contributed by atoms with E-state index in [0.717, 1.165) is 12.1 Å². The minimum Gasteiger partial charge on any atom is -0.466 e. The maximum atomic E-state index is 13.7. The van der Waals surface area contributed by atoms with Gasteiger partial charge in [0.15, 0.2) is 0 Å². The van der Waals surface area contributed by atoms with Crippen LogP contribution in [0.5, 0.6) is 0 Å². The van der Waals surface area contributed by atoms with Crippen LogP contribution >= 0.6 is 0 Å². The molecule has 0 saturated heterocycles. The lowest BCUT2D eigenvalue weighted by Gasteiger charge is -2.09. The molecule has 1 aromatic rings. The van der Waals surface area contributed by atoms with Crippen LogP contribution in [-0.2, 0) is 16.0 Å². The molecule has 0 spiro atoms.